The number of aromatic nitrogens is 1. The zero-order valence-corrected chi connectivity index (χ0v) is 27.2. The van der Waals surface area contributed by atoms with E-state index in [1.165, 1.54) is 32.6 Å². The molecule has 1 aromatic heterocycles. The second-order valence-corrected chi connectivity index (χ2v) is 12.2. The van der Waals surface area contributed by atoms with Crippen LogP contribution in [-0.4, -0.2) is 63.0 Å². The van der Waals surface area contributed by atoms with E-state index < -0.39 is 17.5 Å². The molecule has 0 unspecified atom stereocenters. The first-order chi connectivity index (χ1) is 22.6. The van der Waals surface area contributed by atoms with Crippen molar-refractivity contribution in [3.8, 4) is 34.1 Å². The largest absolute Gasteiger partial charge is 0.466 e. The van der Waals surface area contributed by atoms with Gasteiger partial charge in [-0.25, -0.2) is 9.18 Å². The maximum absolute atomic E-state index is 15.0. The van der Waals surface area contributed by atoms with E-state index in [0.29, 0.717) is 48.4 Å². The van der Waals surface area contributed by atoms with Crippen molar-refractivity contribution in [2.45, 2.75) is 45.3 Å². The lowest BCUT2D eigenvalue weighted by Crippen LogP contribution is -2.46. The first-order valence-electron chi connectivity index (χ1n) is 15.3. The van der Waals surface area contributed by atoms with E-state index in [-0.39, 0.29) is 12.8 Å². The molecule has 1 saturated heterocycles. The van der Waals surface area contributed by atoms with Crippen LogP contribution in [0.15, 0.2) is 65.9 Å². The normalized spacial score (nSPS) is 13.9. The number of methoxy groups -OCH3 is 1. The molecule has 0 bridgehead atoms. The van der Waals surface area contributed by atoms with Crippen molar-refractivity contribution in [3.05, 3.63) is 77.7 Å². The molecular weight excluding hydrogens is 601 g/mol. The maximum atomic E-state index is 15.0. The highest BCUT2D eigenvalue weighted by Gasteiger charge is 2.27. The third-order valence-electron chi connectivity index (χ3n) is 7.68. The molecule has 1 aliphatic heterocycles. The number of ether oxygens (including phenoxy) is 3. The highest BCUT2D eigenvalue weighted by molar-refractivity contribution is 6.02. The molecule has 5 rings (SSSR count). The number of hydrogen-bond donors (Lipinski definition) is 1. The predicted octanol–water partition coefficient (Wildman–Crippen LogP) is 7.04. The van der Waals surface area contributed by atoms with Gasteiger partial charge in [-0.05, 0) is 86.7 Å². The highest BCUT2D eigenvalue weighted by Crippen LogP contribution is 2.41. The Hall–Kier alpha value is -5.21. The summed E-state index contributed by atoms with van der Waals surface area (Å²) in [6, 6.07) is 18.1. The monoisotopic (exact) mass is 639 g/mol. The fourth-order valence-corrected chi connectivity index (χ4v) is 5.70. The van der Waals surface area contributed by atoms with E-state index in [9.17, 15) is 14.4 Å². The summed E-state index contributed by atoms with van der Waals surface area (Å²) in [6.45, 7) is 6.73. The molecule has 10 nitrogen and oxygen atoms in total. The number of nitriles is 1. The fourth-order valence-electron chi connectivity index (χ4n) is 5.70. The second-order valence-electron chi connectivity index (χ2n) is 12.2. The average molecular weight is 640 g/mol. The summed E-state index contributed by atoms with van der Waals surface area (Å²) in [7, 11) is 2.95. The van der Waals surface area contributed by atoms with Crippen LogP contribution in [0.4, 0.5) is 14.9 Å². The number of anilines is 1. The fraction of sp³-hybridized carbons (Fsp3) is 0.333. The summed E-state index contributed by atoms with van der Waals surface area (Å²) in [4.78, 5) is 24.3. The van der Waals surface area contributed by atoms with Crippen LogP contribution in [0.2, 0.25) is 0 Å². The van der Waals surface area contributed by atoms with Gasteiger partial charge in [-0.3, -0.25) is 4.98 Å². The maximum Gasteiger partial charge on any atom is 0.407 e. The summed E-state index contributed by atoms with van der Waals surface area (Å²) in [6.07, 6.45) is 4.13. The van der Waals surface area contributed by atoms with Gasteiger partial charge < -0.3 is 29.3 Å². The van der Waals surface area contributed by atoms with Crippen LogP contribution in [0.5, 0.6) is 5.75 Å². The molecule has 0 radical (unpaired) electrons. The van der Waals surface area contributed by atoms with E-state index in [1.54, 1.807) is 12.3 Å². The van der Waals surface area contributed by atoms with E-state index in [1.807, 2.05) is 57.2 Å². The number of hydrogen-bond acceptors (Lipinski definition) is 9. The van der Waals surface area contributed by atoms with Gasteiger partial charge in [0.2, 0.25) is 0 Å². The summed E-state index contributed by atoms with van der Waals surface area (Å²) in [5.74, 6) is -0.00327. The van der Waals surface area contributed by atoms with Gasteiger partial charge in [-0.1, -0.05) is 23.4 Å². The topological polar surface area (TPSA) is 118 Å². The zero-order valence-electron chi connectivity index (χ0n) is 27.2. The van der Waals surface area contributed by atoms with Crippen LogP contribution in [0.25, 0.3) is 33.2 Å². The Labute approximate surface area is 273 Å². The van der Waals surface area contributed by atoms with E-state index in [2.05, 4.69) is 21.4 Å². The second kappa shape index (κ2) is 14.5. The third-order valence-corrected chi connectivity index (χ3v) is 7.68. The number of nitrogens with one attached hydrogen (secondary N) is 1. The van der Waals surface area contributed by atoms with Crippen LogP contribution in [0.3, 0.4) is 0 Å². The van der Waals surface area contributed by atoms with Crippen LogP contribution < -0.4 is 15.0 Å². The molecule has 0 spiro atoms. The van der Waals surface area contributed by atoms with Crippen molar-refractivity contribution >= 4 is 28.9 Å². The van der Waals surface area contributed by atoms with Crippen molar-refractivity contribution in [3.63, 3.8) is 0 Å². The number of pyridine rings is 1. The van der Waals surface area contributed by atoms with Gasteiger partial charge in [-0.2, -0.15) is 5.26 Å². The first kappa shape index (κ1) is 33.2. The molecule has 1 amide bonds. The summed E-state index contributed by atoms with van der Waals surface area (Å²) in [5.41, 5.74) is 4.86. The number of piperidine rings is 1. The summed E-state index contributed by atoms with van der Waals surface area (Å²) in [5, 5.41) is 17.5. The molecular formula is C36H38FN5O5. The highest BCUT2D eigenvalue weighted by atomic mass is 19.1. The third kappa shape index (κ3) is 7.96. The van der Waals surface area contributed by atoms with Crippen molar-refractivity contribution in [2.24, 2.45) is 5.16 Å². The Morgan fingerprint density at radius 3 is 2.60 bits per heavy atom. The quantitative estimate of drug-likeness (QED) is 0.118. The first-order valence-corrected chi connectivity index (χ1v) is 15.3. The van der Waals surface area contributed by atoms with Crippen molar-refractivity contribution in [1.82, 2.24) is 10.3 Å². The SMILES string of the molecule is COCOc1c(C#N)cccc1-c1ccc2ncc(-c3cc(F)cc(C=NOC)c3)c(N3CCC(NC(=O)OC(C)(C)C)CC3)c2c1. The van der Waals surface area contributed by atoms with Crippen LogP contribution in [0.1, 0.15) is 44.7 Å². The predicted molar refractivity (Wildman–Crippen MR) is 179 cm³/mol. The molecule has 4 aromatic rings. The van der Waals surface area contributed by atoms with E-state index in [0.717, 1.165) is 33.3 Å². The number of carbonyl (C=O) groups excluding carboxylic acids is 1. The lowest BCUT2D eigenvalue weighted by atomic mass is 9.94. The Morgan fingerprint density at radius 1 is 1.11 bits per heavy atom. The molecule has 47 heavy (non-hydrogen) atoms. The van der Waals surface area contributed by atoms with Crippen LogP contribution in [0, 0.1) is 17.1 Å². The minimum absolute atomic E-state index is 0.0171. The van der Waals surface area contributed by atoms with Gasteiger partial charge in [0.15, 0.2) is 6.79 Å². The number of alkyl carbamates (subject to hydrolysis) is 1. The summed E-state index contributed by atoms with van der Waals surface area (Å²) < 4.78 is 31.5. The Kier molecular flexibility index (Phi) is 10.2. The number of carbonyl (C=O) groups is 1. The molecule has 1 fully saturated rings. The van der Waals surface area contributed by atoms with E-state index in [4.69, 9.17) is 24.0 Å². The number of para-hydroxylation sites is 1. The number of halogens is 1. The van der Waals surface area contributed by atoms with Crippen LogP contribution >= 0.6 is 0 Å². The standard InChI is InChI=1S/C36H38FN5O5/c1-36(2,3)47-35(43)41-28-11-13-42(14-12-28)33-30-18-24(29-8-6-7-25(19-38)34(29)46-22-44-4)9-10-32(30)39-21-31(33)26-15-23(20-40-45-5)16-27(37)17-26/h6-10,15-18,20-21,28H,11-14,22H2,1-5H3,(H,41,43). The molecule has 0 atom stereocenters. The Bertz CT molecular complexity index is 1820. The average Bonchev–Trinajstić information content (AvgIpc) is 3.04. The minimum Gasteiger partial charge on any atom is -0.466 e. The molecule has 1 N–H and O–H groups in total. The molecule has 0 saturated carbocycles. The van der Waals surface area contributed by atoms with Gasteiger partial charge in [0.1, 0.15) is 30.3 Å². The lowest BCUT2D eigenvalue weighted by molar-refractivity contribution is 0.0496. The number of oxime groups is 1. The van der Waals surface area contributed by atoms with Gasteiger partial charge in [-0.15, -0.1) is 0 Å². The molecule has 3 aromatic carbocycles. The van der Waals surface area contributed by atoms with Crippen molar-refractivity contribution < 1.29 is 28.2 Å². The zero-order chi connectivity index (χ0) is 33.6. The number of amides is 1. The van der Waals surface area contributed by atoms with Gasteiger partial charge in [0.25, 0.3) is 0 Å². The molecule has 0 aliphatic carbocycles. The number of benzene rings is 3. The molecule has 2 heterocycles. The lowest BCUT2D eigenvalue weighted by Gasteiger charge is -2.36. The molecule has 1 aliphatic rings. The molecule has 244 valence electrons. The van der Waals surface area contributed by atoms with Gasteiger partial charge in [0.05, 0.1) is 23.0 Å². The van der Waals surface area contributed by atoms with Gasteiger partial charge in [0, 0.05) is 49.0 Å². The summed E-state index contributed by atoms with van der Waals surface area (Å²) >= 11 is 0. The Balaban J connectivity index is 1.62. The number of rotatable bonds is 9. The van der Waals surface area contributed by atoms with Crippen molar-refractivity contribution in [1.29, 1.82) is 5.26 Å². The Morgan fingerprint density at radius 2 is 1.89 bits per heavy atom. The van der Waals surface area contributed by atoms with Gasteiger partial charge >= 0.3 is 6.09 Å². The number of nitrogens with zero attached hydrogens (tertiary/aromatic N) is 4. The smallest absolute Gasteiger partial charge is 0.407 e. The van der Waals surface area contributed by atoms with E-state index >= 15 is 0 Å². The van der Waals surface area contributed by atoms with Crippen molar-refractivity contribution in [2.75, 3.05) is 39.0 Å². The molecule has 11 heteroatoms. The number of fused-ring (bicyclic) bond motifs is 1. The van der Waals surface area contributed by atoms with Crippen LogP contribution in [-0.2, 0) is 14.3 Å². The minimum atomic E-state index is -0.591.